The average Bonchev–Trinajstić information content (AvgIpc) is 2.91. The van der Waals surface area contributed by atoms with Crippen molar-refractivity contribution in [3.63, 3.8) is 0 Å². The fourth-order valence-corrected chi connectivity index (χ4v) is 3.51. The fraction of sp³-hybridized carbons (Fsp3) is 0.400. The average molecular weight is 375 g/mol. The Bertz CT molecular complexity index is 741. The Morgan fingerprint density at radius 3 is 2.62 bits per heavy atom. The van der Waals surface area contributed by atoms with Crippen molar-refractivity contribution in [1.29, 1.82) is 0 Å². The van der Waals surface area contributed by atoms with E-state index in [4.69, 9.17) is 4.74 Å². The van der Waals surface area contributed by atoms with Gasteiger partial charge in [0.15, 0.2) is 0 Å². The molecule has 5 nitrogen and oxygen atoms in total. The van der Waals surface area contributed by atoms with Crippen LogP contribution in [0.2, 0.25) is 0 Å². The van der Waals surface area contributed by atoms with Crippen molar-refractivity contribution in [3.05, 3.63) is 58.9 Å². The van der Waals surface area contributed by atoms with Gasteiger partial charge in [-0.15, -0.1) is 0 Å². The van der Waals surface area contributed by atoms with Gasteiger partial charge in [0.05, 0.1) is 12.2 Å². The maximum absolute atomic E-state index is 12.2. The Morgan fingerprint density at radius 1 is 1.19 bits per heavy atom. The molecule has 0 unspecified atom stereocenters. The summed E-state index contributed by atoms with van der Waals surface area (Å²) in [4.78, 5) is 24.1. The van der Waals surface area contributed by atoms with E-state index in [0.29, 0.717) is 18.7 Å². The number of carbonyl (C=O) groups is 2. The van der Waals surface area contributed by atoms with Crippen LogP contribution >= 0.6 is 11.8 Å². The molecule has 0 bridgehead atoms. The lowest BCUT2D eigenvalue weighted by Gasteiger charge is -2.10. The minimum absolute atomic E-state index is 0.0532. The number of hydrogen-bond acceptors (Lipinski definition) is 4. The van der Waals surface area contributed by atoms with Crippen LogP contribution in [0.5, 0.6) is 0 Å². The second-order valence-corrected chi connectivity index (χ2v) is 7.08. The molecule has 0 spiro atoms. The van der Waals surface area contributed by atoms with Gasteiger partial charge in [0, 0.05) is 29.4 Å². The van der Waals surface area contributed by atoms with Crippen molar-refractivity contribution >= 4 is 23.6 Å². The zero-order valence-corrected chi connectivity index (χ0v) is 16.4. The van der Waals surface area contributed by atoms with Crippen LogP contribution in [0.25, 0.3) is 0 Å². The molecule has 1 aromatic heterocycles. The van der Waals surface area contributed by atoms with Crippen LogP contribution in [0.4, 0.5) is 0 Å². The molecule has 0 aliphatic heterocycles. The molecule has 6 heteroatoms. The third kappa shape index (κ3) is 5.66. The van der Waals surface area contributed by atoms with Gasteiger partial charge in [-0.2, -0.15) is 11.8 Å². The molecule has 0 aliphatic rings. The number of aryl methyl sites for hydroxylation is 1. The monoisotopic (exact) mass is 374 g/mol. The highest BCUT2D eigenvalue weighted by atomic mass is 32.2. The van der Waals surface area contributed by atoms with Crippen molar-refractivity contribution < 1.29 is 14.3 Å². The number of esters is 1. The quantitative estimate of drug-likeness (QED) is 0.540. The highest BCUT2D eigenvalue weighted by Gasteiger charge is 2.17. The summed E-state index contributed by atoms with van der Waals surface area (Å²) in [5, 5.41) is 2.94. The van der Waals surface area contributed by atoms with Gasteiger partial charge < -0.3 is 14.6 Å². The first-order valence-electron chi connectivity index (χ1n) is 8.75. The number of nitrogens with zero attached hydrogens (tertiary/aromatic N) is 1. The first-order chi connectivity index (χ1) is 12.5. The van der Waals surface area contributed by atoms with E-state index in [1.807, 2.05) is 36.6 Å². The van der Waals surface area contributed by atoms with Crippen molar-refractivity contribution in [1.82, 2.24) is 9.88 Å². The number of benzene rings is 1. The number of aromatic nitrogens is 1. The molecule has 0 fully saturated rings. The maximum atomic E-state index is 12.2. The van der Waals surface area contributed by atoms with Gasteiger partial charge in [-0.25, -0.2) is 4.79 Å². The predicted molar refractivity (Wildman–Crippen MR) is 105 cm³/mol. The summed E-state index contributed by atoms with van der Waals surface area (Å²) < 4.78 is 6.90. The van der Waals surface area contributed by atoms with E-state index in [-0.39, 0.29) is 18.4 Å². The topological polar surface area (TPSA) is 60.3 Å². The van der Waals surface area contributed by atoms with Crippen LogP contribution in [0.3, 0.4) is 0 Å². The Morgan fingerprint density at radius 2 is 1.92 bits per heavy atom. The van der Waals surface area contributed by atoms with E-state index in [2.05, 4.69) is 17.4 Å². The number of amides is 1. The minimum atomic E-state index is -0.343. The molecule has 2 aromatic rings. The molecule has 0 atom stereocenters. The van der Waals surface area contributed by atoms with E-state index >= 15 is 0 Å². The van der Waals surface area contributed by atoms with Gasteiger partial charge in [0.2, 0.25) is 5.91 Å². The van der Waals surface area contributed by atoms with Crippen LogP contribution in [0, 0.1) is 13.8 Å². The van der Waals surface area contributed by atoms with Crippen LogP contribution in [-0.4, -0.2) is 35.3 Å². The highest BCUT2D eigenvalue weighted by molar-refractivity contribution is 7.98. The summed E-state index contributed by atoms with van der Waals surface area (Å²) in [5.74, 6) is 1.40. The second-order valence-electron chi connectivity index (χ2n) is 5.98. The highest BCUT2D eigenvalue weighted by Crippen LogP contribution is 2.16. The smallest absolute Gasteiger partial charge is 0.339 e. The third-order valence-corrected chi connectivity index (χ3v) is 5.08. The minimum Gasteiger partial charge on any atom is -0.462 e. The molecule has 0 saturated carbocycles. The van der Waals surface area contributed by atoms with Crippen LogP contribution < -0.4 is 5.32 Å². The molecule has 0 saturated heterocycles. The fourth-order valence-electron chi connectivity index (χ4n) is 2.69. The van der Waals surface area contributed by atoms with Crippen molar-refractivity contribution in [2.24, 2.45) is 0 Å². The van der Waals surface area contributed by atoms with Crippen molar-refractivity contribution in [2.75, 3.05) is 18.9 Å². The summed E-state index contributed by atoms with van der Waals surface area (Å²) in [7, 11) is 0. The molecule has 1 N–H and O–H groups in total. The number of hydrogen-bond donors (Lipinski definition) is 1. The first kappa shape index (κ1) is 20.1. The Hall–Kier alpha value is -2.21. The third-order valence-electron chi connectivity index (χ3n) is 4.05. The second kappa shape index (κ2) is 10.1. The van der Waals surface area contributed by atoms with E-state index in [0.717, 1.165) is 22.9 Å². The Labute approximate surface area is 159 Å². The van der Waals surface area contributed by atoms with Gasteiger partial charge in [0.25, 0.3) is 0 Å². The molecule has 0 aliphatic carbocycles. The standard InChI is InChI=1S/C20H26N2O3S/c1-4-25-20(24)18-12-15(2)22(16(18)3)13-19(23)21-10-11-26-14-17-8-6-5-7-9-17/h5-9,12H,4,10-11,13-14H2,1-3H3,(H,21,23). The first-order valence-corrected chi connectivity index (χ1v) is 9.90. The number of carbonyl (C=O) groups excluding carboxylic acids is 2. The zero-order chi connectivity index (χ0) is 18.9. The SMILES string of the molecule is CCOC(=O)c1cc(C)n(CC(=O)NCCSCc2ccccc2)c1C. The number of rotatable bonds is 9. The van der Waals surface area contributed by atoms with Gasteiger partial charge in [-0.3, -0.25) is 4.79 Å². The number of thioether (sulfide) groups is 1. The van der Waals surface area contributed by atoms with Crippen molar-refractivity contribution in [2.45, 2.75) is 33.1 Å². The molecule has 26 heavy (non-hydrogen) atoms. The van der Waals surface area contributed by atoms with Gasteiger partial charge >= 0.3 is 5.97 Å². The lowest BCUT2D eigenvalue weighted by atomic mass is 10.2. The lowest BCUT2D eigenvalue weighted by Crippen LogP contribution is -2.30. The molecule has 2 rings (SSSR count). The van der Waals surface area contributed by atoms with Crippen molar-refractivity contribution in [3.8, 4) is 0 Å². The number of ether oxygens (including phenoxy) is 1. The van der Waals surface area contributed by atoms with Crippen LogP contribution in [0.15, 0.2) is 36.4 Å². The zero-order valence-electron chi connectivity index (χ0n) is 15.6. The van der Waals surface area contributed by atoms with E-state index < -0.39 is 0 Å². The summed E-state index contributed by atoms with van der Waals surface area (Å²) in [6.07, 6.45) is 0. The maximum Gasteiger partial charge on any atom is 0.339 e. The van der Waals surface area contributed by atoms with Gasteiger partial charge in [-0.05, 0) is 32.4 Å². The Kier molecular flexibility index (Phi) is 7.78. The summed E-state index contributed by atoms with van der Waals surface area (Å²) in [5.41, 5.74) is 3.44. The van der Waals surface area contributed by atoms with Crippen LogP contribution in [0.1, 0.15) is 34.2 Å². The molecular formula is C20H26N2O3S. The van der Waals surface area contributed by atoms with E-state index in [1.165, 1.54) is 5.56 Å². The largest absolute Gasteiger partial charge is 0.462 e. The van der Waals surface area contributed by atoms with Gasteiger partial charge in [-0.1, -0.05) is 30.3 Å². The molecular weight excluding hydrogens is 348 g/mol. The normalized spacial score (nSPS) is 10.6. The summed E-state index contributed by atoms with van der Waals surface area (Å²) in [6.45, 7) is 6.67. The molecule has 1 heterocycles. The van der Waals surface area contributed by atoms with E-state index in [1.54, 1.807) is 24.8 Å². The summed E-state index contributed by atoms with van der Waals surface area (Å²) >= 11 is 1.79. The lowest BCUT2D eigenvalue weighted by molar-refractivity contribution is -0.121. The molecule has 0 radical (unpaired) electrons. The molecule has 1 amide bonds. The van der Waals surface area contributed by atoms with Crippen LogP contribution in [-0.2, 0) is 21.8 Å². The van der Waals surface area contributed by atoms with E-state index in [9.17, 15) is 9.59 Å². The number of nitrogens with one attached hydrogen (secondary N) is 1. The van der Waals surface area contributed by atoms with Gasteiger partial charge in [0.1, 0.15) is 6.54 Å². The Balaban J connectivity index is 1.78. The predicted octanol–water partition coefficient (Wildman–Crippen LogP) is 3.33. The summed E-state index contributed by atoms with van der Waals surface area (Å²) in [6, 6.07) is 12.0. The molecule has 1 aromatic carbocycles. The molecule has 140 valence electrons.